The summed E-state index contributed by atoms with van der Waals surface area (Å²) in [4.78, 5) is 30.2. The van der Waals surface area contributed by atoms with Gasteiger partial charge in [0.25, 0.3) is 5.91 Å². The summed E-state index contributed by atoms with van der Waals surface area (Å²) in [6.45, 7) is 5.60. The van der Waals surface area contributed by atoms with Crippen LogP contribution in [0.15, 0.2) is 87.0 Å². The summed E-state index contributed by atoms with van der Waals surface area (Å²) in [5.74, 6) is -4.42. The highest BCUT2D eigenvalue weighted by Crippen LogP contribution is 2.43. The van der Waals surface area contributed by atoms with E-state index in [1.54, 1.807) is 30.3 Å². The Bertz CT molecular complexity index is 1590. The zero-order valence-electron chi connectivity index (χ0n) is 20.5. The van der Waals surface area contributed by atoms with Crippen LogP contribution in [0.25, 0.3) is 11.0 Å². The summed E-state index contributed by atoms with van der Waals surface area (Å²) in [5, 5.41) is 11.6. The molecule has 194 valence electrons. The molecule has 0 spiro atoms. The summed E-state index contributed by atoms with van der Waals surface area (Å²) in [7, 11) is 0. The van der Waals surface area contributed by atoms with Gasteiger partial charge >= 0.3 is 0 Å². The molecule has 0 aliphatic carbocycles. The van der Waals surface area contributed by atoms with E-state index in [9.17, 15) is 23.5 Å². The van der Waals surface area contributed by atoms with Gasteiger partial charge < -0.3 is 14.4 Å². The third-order valence-electron chi connectivity index (χ3n) is 6.66. The molecule has 1 unspecified atom stereocenters. The second-order valence-electron chi connectivity index (χ2n) is 8.82. The molecular formula is C29H23BrF2N2O4. The van der Waals surface area contributed by atoms with Gasteiger partial charge in [0.05, 0.1) is 17.3 Å². The molecular weight excluding hydrogens is 558 g/mol. The zero-order chi connectivity index (χ0) is 27.1. The third-order valence-corrected chi connectivity index (χ3v) is 7.15. The number of ketones is 1. The van der Waals surface area contributed by atoms with Crippen LogP contribution in [0.5, 0.6) is 0 Å². The first-order valence-corrected chi connectivity index (χ1v) is 12.8. The van der Waals surface area contributed by atoms with Crippen molar-refractivity contribution in [3.63, 3.8) is 0 Å². The van der Waals surface area contributed by atoms with Gasteiger partial charge in [-0.1, -0.05) is 28.1 Å². The number of amides is 1. The fourth-order valence-corrected chi connectivity index (χ4v) is 5.17. The molecule has 0 bridgehead atoms. The van der Waals surface area contributed by atoms with Crippen LogP contribution in [0.1, 0.15) is 36.0 Å². The average molecular weight is 581 g/mol. The fourth-order valence-electron chi connectivity index (χ4n) is 4.79. The highest BCUT2D eigenvalue weighted by atomic mass is 79.9. The Balaban J connectivity index is 1.65. The molecule has 0 fully saturated rings. The third kappa shape index (κ3) is 4.36. The highest BCUT2D eigenvalue weighted by molar-refractivity contribution is 9.10. The maximum Gasteiger partial charge on any atom is 0.294 e. The maximum absolute atomic E-state index is 14.9. The van der Waals surface area contributed by atoms with Gasteiger partial charge in [-0.15, -0.1) is 0 Å². The lowest BCUT2D eigenvalue weighted by Gasteiger charge is -2.28. The molecule has 1 N–H and O–H groups in total. The lowest BCUT2D eigenvalue weighted by atomic mass is 9.94. The van der Waals surface area contributed by atoms with Gasteiger partial charge in [0.2, 0.25) is 5.78 Å². The largest absolute Gasteiger partial charge is 0.503 e. The van der Waals surface area contributed by atoms with Crippen molar-refractivity contribution in [2.24, 2.45) is 0 Å². The molecule has 2 heterocycles. The molecule has 0 saturated heterocycles. The van der Waals surface area contributed by atoms with E-state index in [-0.39, 0.29) is 17.0 Å². The van der Waals surface area contributed by atoms with E-state index >= 15 is 0 Å². The van der Waals surface area contributed by atoms with Crippen LogP contribution in [-0.4, -0.2) is 29.9 Å². The number of rotatable bonds is 7. The molecule has 1 aliphatic heterocycles. The van der Waals surface area contributed by atoms with Crippen LogP contribution in [0.2, 0.25) is 0 Å². The van der Waals surface area contributed by atoms with Gasteiger partial charge in [0.1, 0.15) is 17.2 Å². The molecule has 1 aliphatic rings. The van der Waals surface area contributed by atoms with Crippen LogP contribution >= 0.6 is 15.9 Å². The van der Waals surface area contributed by atoms with E-state index in [2.05, 4.69) is 20.8 Å². The second kappa shape index (κ2) is 10.1. The molecule has 3 aromatic carbocycles. The smallest absolute Gasteiger partial charge is 0.294 e. The number of hydrogen-bond acceptors (Lipinski definition) is 5. The first kappa shape index (κ1) is 25.7. The van der Waals surface area contributed by atoms with Crippen LogP contribution in [0.3, 0.4) is 0 Å². The Morgan fingerprint density at radius 3 is 2.39 bits per heavy atom. The molecule has 1 atom stereocenters. The van der Waals surface area contributed by atoms with E-state index in [0.29, 0.717) is 22.6 Å². The number of benzene rings is 3. The number of furan rings is 1. The molecule has 5 rings (SSSR count). The van der Waals surface area contributed by atoms with Gasteiger partial charge in [-0.3, -0.25) is 14.5 Å². The fraction of sp³-hybridized carbons (Fsp3) is 0.172. The number of carbonyl (C=O) groups excluding carboxylic acids is 2. The number of anilines is 2. The Kier molecular flexibility index (Phi) is 6.79. The predicted octanol–water partition coefficient (Wildman–Crippen LogP) is 7.10. The summed E-state index contributed by atoms with van der Waals surface area (Å²) in [6.07, 6.45) is 0. The van der Waals surface area contributed by atoms with Crippen LogP contribution in [0, 0.1) is 11.6 Å². The van der Waals surface area contributed by atoms with Crippen molar-refractivity contribution in [2.75, 3.05) is 22.9 Å². The minimum absolute atomic E-state index is 0.0846. The van der Waals surface area contributed by atoms with E-state index in [1.165, 1.54) is 6.07 Å². The number of aliphatic hydroxyl groups is 1. The Morgan fingerprint density at radius 1 is 1.03 bits per heavy atom. The van der Waals surface area contributed by atoms with Gasteiger partial charge in [-0.05, 0) is 67.9 Å². The van der Waals surface area contributed by atoms with Gasteiger partial charge in [-0.25, -0.2) is 8.78 Å². The predicted molar refractivity (Wildman–Crippen MR) is 144 cm³/mol. The lowest BCUT2D eigenvalue weighted by Crippen LogP contribution is -2.32. The number of fused-ring (bicyclic) bond motifs is 1. The Hall–Kier alpha value is -3.98. The van der Waals surface area contributed by atoms with Crippen LogP contribution in [-0.2, 0) is 4.79 Å². The number of halogens is 3. The van der Waals surface area contributed by atoms with Crippen molar-refractivity contribution in [1.82, 2.24) is 0 Å². The number of hydrogen-bond donors (Lipinski definition) is 1. The van der Waals surface area contributed by atoms with Crippen molar-refractivity contribution in [3.8, 4) is 0 Å². The van der Waals surface area contributed by atoms with E-state index in [0.717, 1.165) is 40.3 Å². The molecule has 4 aromatic rings. The number of Topliss-reactive ketones (excluding diaryl/α,β-unsaturated/α-hetero) is 1. The number of carbonyl (C=O) groups is 2. The molecule has 9 heteroatoms. The van der Waals surface area contributed by atoms with E-state index in [4.69, 9.17) is 4.42 Å². The van der Waals surface area contributed by atoms with Crippen molar-refractivity contribution in [1.29, 1.82) is 0 Å². The first-order valence-electron chi connectivity index (χ1n) is 12.0. The van der Waals surface area contributed by atoms with Crippen molar-refractivity contribution < 1.29 is 27.9 Å². The molecule has 38 heavy (non-hydrogen) atoms. The monoisotopic (exact) mass is 580 g/mol. The van der Waals surface area contributed by atoms with Crippen molar-refractivity contribution >= 4 is 50.0 Å². The molecule has 1 aromatic heterocycles. The average Bonchev–Trinajstić information content (AvgIpc) is 3.43. The lowest BCUT2D eigenvalue weighted by molar-refractivity contribution is -0.117. The van der Waals surface area contributed by atoms with Crippen LogP contribution in [0.4, 0.5) is 20.2 Å². The molecule has 6 nitrogen and oxygen atoms in total. The van der Waals surface area contributed by atoms with Crippen LogP contribution < -0.4 is 9.80 Å². The molecule has 0 saturated carbocycles. The van der Waals surface area contributed by atoms with Gasteiger partial charge in [-0.2, -0.15) is 0 Å². The maximum atomic E-state index is 14.9. The SMILES string of the molecule is CCN(CC)c1ccc(C2C(C(=O)c3cc4cc(Br)ccc4o3)=C(O)C(=O)N2c2ccc(F)cc2F)cc1. The first-order chi connectivity index (χ1) is 18.2. The minimum Gasteiger partial charge on any atom is -0.503 e. The second-order valence-corrected chi connectivity index (χ2v) is 9.74. The Morgan fingerprint density at radius 2 is 1.74 bits per heavy atom. The zero-order valence-corrected chi connectivity index (χ0v) is 22.1. The number of aliphatic hydroxyl groups excluding tert-OH is 1. The van der Waals surface area contributed by atoms with E-state index < -0.39 is 35.1 Å². The summed E-state index contributed by atoms with van der Waals surface area (Å²) >= 11 is 3.38. The van der Waals surface area contributed by atoms with E-state index in [1.807, 2.05) is 26.0 Å². The van der Waals surface area contributed by atoms with Gasteiger partial charge in [0, 0.05) is 34.7 Å². The topological polar surface area (TPSA) is 74.0 Å². The van der Waals surface area contributed by atoms with Crippen molar-refractivity contribution in [2.45, 2.75) is 19.9 Å². The summed E-state index contributed by atoms with van der Waals surface area (Å²) in [6, 6.07) is 15.5. The van der Waals surface area contributed by atoms with Gasteiger partial charge in [0.15, 0.2) is 11.5 Å². The quantitative estimate of drug-likeness (QED) is 0.236. The standard InChI is InChI=1S/C29H23BrF2N2O4/c1-3-33(4-2)20-9-5-16(6-10-20)26-25(27(35)24-14-17-13-18(30)7-12-23(17)38-24)28(36)29(37)34(26)22-11-8-19(31)15-21(22)32/h5-15,26,36H,3-4H2,1-2H3. The summed E-state index contributed by atoms with van der Waals surface area (Å²) < 4.78 is 35.2. The highest BCUT2D eigenvalue weighted by Gasteiger charge is 2.46. The van der Waals surface area contributed by atoms with Crippen molar-refractivity contribution in [3.05, 3.63) is 105 Å². The summed E-state index contributed by atoms with van der Waals surface area (Å²) in [5.41, 5.74) is 1.31. The molecule has 0 radical (unpaired) electrons. The number of nitrogens with zero attached hydrogens (tertiary/aromatic N) is 2. The Labute approximate surface area is 225 Å². The minimum atomic E-state index is -1.18. The normalized spacial score (nSPS) is 15.6. The molecule has 1 amide bonds.